The summed E-state index contributed by atoms with van der Waals surface area (Å²) in [6.45, 7) is 4.43. The minimum atomic E-state index is -0.815. The van der Waals surface area contributed by atoms with Crippen LogP contribution < -0.4 is 19.6 Å². The summed E-state index contributed by atoms with van der Waals surface area (Å²) in [6.07, 6.45) is 5.11. The summed E-state index contributed by atoms with van der Waals surface area (Å²) in [7, 11) is 1.56. The number of ether oxygens (including phenoxy) is 2. The molecule has 0 spiro atoms. The van der Waals surface area contributed by atoms with Gasteiger partial charge in [-0.05, 0) is 49.2 Å². The first-order valence-corrected chi connectivity index (χ1v) is 16.7. The molecule has 3 aromatic carbocycles. The first-order valence-electron chi connectivity index (χ1n) is 15.1. The predicted molar refractivity (Wildman–Crippen MR) is 184 cm³/mol. The Bertz CT molecular complexity index is 2230. The number of allylic oxidation sites excluding steroid dienone is 1. The van der Waals surface area contributed by atoms with Crippen LogP contribution in [0.3, 0.4) is 0 Å². The zero-order valence-corrected chi connectivity index (χ0v) is 28.3. The third-order valence-corrected chi connectivity index (χ3v) is 9.46. The van der Waals surface area contributed by atoms with Crippen LogP contribution in [0, 0.1) is 10.1 Å². The van der Waals surface area contributed by atoms with E-state index >= 15 is 0 Å². The molecule has 5 aromatic rings. The van der Waals surface area contributed by atoms with E-state index in [2.05, 4.69) is 20.5 Å². The topological polar surface area (TPSA) is 118 Å². The summed E-state index contributed by atoms with van der Waals surface area (Å²) < 4.78 is 16.1. The maximum absolute atomic E-state index is 14.4. The Morgan fingerprint density at radius 1 is 1.13 bits per heavy atom. The number of hydrogen-bond donors (Lipinski definition) is 0. The second-order valence-corrected chi connectivity index (χ2v) is 12.9. The van der Waals surface area contributed by atoms with Crippen molar-refractivity contribution in [3.05, 3.63) is 135 Å². The molecule has 0 fully saturated rings. The van der Waals surface area contributed by atoms with Gasteiger partial charge < -0.3 is 14.0 Å². The number of benzene rings is 3. The summed E-state index contributed by atoms with van der Waals surface area (Å²) in [5.41, 5.74) is 3.99. The Morgan fingerprint density at radius 3 is 2.60 bits per heavy atom. The van der Waals surface area contributed by atoms with Gasteiger partial charge in [-0.3, -0.25) is 19.5 Å². The van der Waals surface area contributed by atoms with Gasteiger partial charge in [0.05, 0.1) is 34.4 Å². The summed E-state index contributed by atoms with van der Waals surface area (Å²) in [4.78, 5) is 44.0. The van der Waals surface area contributed by atoms with Crippen molar-refractivity contribution in [1.29, 1.82) is 0 Å². The van der Waals surface area contributed by atoms with Crippen molar-refractivity contribution in [3.63, 3.8) is 0 Å². The van der Waals surface area contributed by atoms with Gasteiger partial charge in [0.15, 0.2) is 4.80 Å². The van der Waals surface area contributed by atoms with Crippen LogP contribution in [0.25, 0.3) is 17.0 Å². The first-order chi connectivity index (χ1) is 22.7. The van der Waals surface area contributed by atoms with Crippen molar-refractivity contribution >= 4 is 55.9 Å². The van der Waals surface area contributed by atoms with E-state index in [0.717, 1.165) is 32.9 Å². The highest BCUT2D eigenvalue weighted by Gasteiger charge is 2.36. The minimum Gasteiger partial charge on any atom is -0.496 e. The largest absolute Gasteiger partial charge is 0.496 e. The second-order valence-electron chi connectivity index (χ2n) is 11.0. The predicted octanol–water partition coefficient (Wildman–Crippen LogP) is 6.26. The lowest BCUT2D eigenvalue weighted by atomic mass is 9.93. The number of aromatic nitrogens is 2. The molecule has 2 aromatic heterocycles. The first kappa shape index (κ1) is 32.1. The van der Waals surface area contributed by atoms with Crippen LogP contribution in [0.1, 0.15) is 49.4 Å². The lowest BCUT2D eigenvalue weighted by molar-refractivity contribution is -0.384. The van der Waals surface area contributed by atoms with Gasteiger partial charge in [-0.25, -0.2) is 9.79 Å². The highest BCUT2D eigenvalue weighted by Crippen LogP contribution is 2.38. The molecule has 0 amide bonds. The van der Waals surface area contributed by atoms with Gasteiger partial charge in [-0.15, -0.1) is 0 Å². The number of carbonyl (C=O) groups excluding carboxylic acids is 1. The number of nitro benzene ring substituents is 1. The zero-order chi connectivity index (χ0) is 33.2. The van der Waals surface area contributed by atoms with Gasteiger partial charge in [0.1, 0.15) is 11.8 Å². The molecule has 1 aliphatic heterocycles. The van der Waals surface area contributed by atoms with Crippen LogP contribution in [0.15, 0.2) is 98.5 Å². The van der Waals surface area contributed by atoms with Crippen molar-refractivity contribution in [1.82, 2.24) is 9.13 Å². The molecule has 12 heteroatoms. The van der Waals surface area contributed by atoms with Crippen LogP contribution in [0.2, 0.25) is 0 Å². The minimum absolute atomic E-state index is 0.0363. The molecule has 0 bridgehead atoms. The molecule has 10 nitrogen and oxygen atoms in total. The molecule has 0 saturated heterocycles. The number of halogens is 1. The van der Waals surface area contributed by atoms with Crippen LogP contribution >= 0.6 is 27.3 Å². The summed E-state index contributed by atoms with van der Waals surface area (Å²) in [5.74, 6) is 0.0111. The molecule has 240 valence electrons. The van der Waals surface area contributed by atoms with E-state index in [0.29, 0.717) is 44.9 Å². The van der Waals surface area contributed by atoms with E-state index < -0.39 is 16.9 Å². The molecule has 0 N–H and O–H groups in total. The smallest absolute Gasteiger partial charge is 0.338 e. The second kappa shape index (κ2) is 13.5. The summed E-state index contributed by atoms with van der Waals surface area (Å²) >= 11 is 4.83. The van der Waals surface area contributed by atoms with Crippen molar-refractivity contribution in [2.75, 3.05) is 13.7 Å². The van der Waals surface area contributed by atoms with E-state index in [1.165, 1.54) is 23.5 Å². The fourth-order valence-electron chi connectivity index (χ4n) is 5.92. The van der Waals surface area contributed by atoms with Gasteiger partial charge in [0, 0.05) is 51.4 Å². The van der Waals surface area contributed by atoms with Crippen molar-refractivity contribution < 1.29 is 19.2 Å². The van der Waals surface area contributed by atoms with Gasteiger partial charge in [0.25, 0.3) is 11.2 Å². The molecular formula is C35H31BrN4O6S. The standard InChI is InChI=1S/C35H31BrN4O6S/c1-4-8-27-31(34(42)46-5-2)32(26-18-23(36)13-16-29(26)45-3)39-33(41)30(47-35(39)37-27)17-22-20-38(28-10-7-6-9-25(22)28)19-21-11-14-24(15-12-21)40(43)44/h6-7,9-18,20,32H,4-5,8,19H2,1-3H3/b30-17+/t32-/m1/s1. The fourth-order valence-corrected chi connectivity index (χ4v) is 7.31. The highest BCUT2D eigenvalue weighted by atomic mass is 79.9. The Balaban J connectivity index is 1.54. The number of fused-ring (bicyclic) bond motifs is 2. The van der Waals surface area contributed by atoms with Crippen molar-refractivity contribution in [2.45, 2.75) is 39.3 Å². The summed E-state index contributed by atoms with van der Waals surface area (Å²) in [6, 6.07) is 19.1. The van der Waals surface area contributed by atoms with Crippen LogP contribution in [0.5, 0.6) is 5.75 Å². The van der Waals surface area contributed by atoms with E-state index in [1.807, 2.05) is 55.6 Å². The number of nitrogens with zero attached hydrogens (tertiary/aromatic N) is 4. The SMILES string of the molecule is CCCC1=C(C(=O)OCC)[C@@H](c2cc(Br)ccc2OC)n2c(s/c(=C/c3cn(Cc4ccc([N+](=O)[O-])cc4)c4ccccc34)c2=O)=N1. The number of esters is 1. The molecule has 0 unspecified atom stereocenters. The maximum atomic E-state index is 14.4. The van der Waals surface area contributed by atoms with Gasteiger partial charge in [-0.1, -0.05) is 70.9 Å². The Morgan fingerprint density at radius 2 is 1.89 bits per heavy atom. The van der Waals surface area contributed by atoms with Crippen molar-refractivity contribution in [3.8, 4) is 5.75 Å². The average molecular weight is 716 g/mol. The van der Waals surface area contributed by atoms with Crippen molar-refractivity contribution in [2.24, 2.45) is 4.99 Å². The highest BCUT2D eigenvalue weighted by molar-refractivity contribution is 9.10. The fraction of sp³-hybridized carbons (Fsp3) is 0.229. The Hall–Kier alpha value is -4.81. The number of non-ortho nitro benzene ring substituents is 1. The lowest BCUT2D eigenvalue weighted by Crippen LogP contribution is -2.40. The number of nitro groups is 1. The molecule has 1 aliphatic rings. The normalized spacial score (nSPS) is 14.6. The Kier molecular flexibility index (Phi) is 9.24. The number of para-hydroxylation sites is 1. The van der Waals surface area contributed by atoms with Gasteiger partial charge >= 0.3 is 5.97 Å². The third kappa shape index (κ3) is 6.18. The number of carbonyl (C=O) groups is 1. The Labute approximate surface area is 282 Å². The van der Waals surface area contributed by atoms with Gasteiger partial charge in [0.2, 0.25) is 0 Å². The number of rotatable bonds is 10. The molecule has 0 aliphatic carbocycles. The molecule has 3 heterocycles. The molecule has 0 radical (unpaired) electrons. The van der Waals surface area contributed by atoms with E-state index in [1.54, 1.807) is 36.8 Å². The van der Waals surface area contributed by atoms with E-state index in [9.17, 15) is 19.7 Å². The third-order valence-electron chi connectivity index (χ3n) is 7.98. The maximum Gasteiger partial charge on any atom is 0.338 e. The van der Waals surface area contributed by atoms with Gasteiger partial charge in [-0.2, -0.15) is 0 Å². The van der Waals surface area contributed by atoms with Crippen LogP contribution in [0.4, 0.5) is 5.69 Å². The average Bonchev–Trinajstić information content (AvgIpc) is 3.56. The summed E-state index contributed by atoms with van der Waals surface area (Å²) in [5, 5.41) is 12.1. The molecule has 47 heavy (non-hydrogen) atoms. The van der Waals surface area contributed by atoms with Crippen LogP contribution in [-0.2, 0) is 16.1 Å². The molecule has 0 saturated carbocycles. The van der Waals surface area contributed by atoms with E-state index in [-0.39, 0.29) is 17.9 Å². The lowest BCUT2D eigenvalue weighted by Gasteiger charge is -2.27. The molecule has 1 atom stereocenters. The number of thiazole rings is 1. The van der Waals surface area contributed by atoms with E-state index in [4.69, 9.17) is 14.5 Å². The monoisotopic (exact) mass is 714 g/mol. The molecular weight excluding hydrogens is 684 g/mol. The van der Waals surface area contributed by atoms with Crippen LogP contribution in [-0.4, -0.2) is 33.7 Å². The zero-order valence-electron chi connectivity index (χ0n) is 25.9. The number of hydrogen-bond acceptors (Lipinski definition) is 8. The quantitative estimate of drug-likeness (QED) is 0.0958. The number of methoxy groups -OCH3 is 1. The molecule has 6 rings (SSSR count).